The van der Waals surface area contributed by atoms with E-state index in [-0.39, 0.29) is 5.92 Å². The lowest BCUT2D eigenvalue weighted by Gasteiger charge is -2.19. The summed E-state index contributed by atoms with van der Waals surface area (Å²) in [6.45, 7) is 3.81. The number of anilines is 1. The molecule has 0 aliphatic carbocycles. The van der Waals surface area contributed by atoms with Gasteiger partial charge in [0, 0.05) is 19.5 Å². The highest BCUT2D eigenvalue weighted by Gasteiger charge is 2.29. The van der Waals surface area contributed by atoms with E-state index in [1.54, 1.807) is 6.26 Å². The second kappa shape index (κ2) is 6.88. The molecule has 0 N–H and O–H groups in total. The second-order valence-corrected chi connectivity index (χ2v) is 6.62. The summed E-state index contributed by atoms with van der Waals surface area (Å²) < 4.78 is 10.9. The van der Waals surface area contributed by atoms with Crippen molar-refractivity contribution in [3.05, 3.63) is 47.3 Å². The summed E-state index contributed by atoms with van der Waals surface area (Å²) in [7, 11) is 0. The lowest BCUT2D eigenvalue weighted by atomic mass is 10.1. The van der Waals surface area contributed by atoms with E-state index in [1.165, 1.54) is 0 Å². The predicted molar refractivity (Wildman–Crippen MR) is 94.8 cm³/mol. The fourth-order valence-corrected chi connectivity index (χ4v) is 3.39. The van der Waals surface area contributed by atoms with E-state index in [0.29, 0.717) is 23.3 Å². The van der Waals surface area contributed by atoms with Crippen molar-refractivity contribution in [2.75, 3.05) is 18.0 Å². The Kier molecular flexibility index (Phi) is 4.44. The number of hydrogen-bond acceptors (Lipinski definition) is 6. The molecule has 1 aromatic carbocycles. The first kappa shape index (κ1) is 16.1. The van der Waals surface area contributed by atoms with Gasteiger partial charge in [-0.2, -0.15) is 4.98 Å². The Morgan fingerprint density at radius 1 is 1.28 bits per heavy atom. The van der Waals surface area contributed by atoms with Gasteiger partial charge in [-0.1, -0.05) is 35.8 Å². The highest BCUT2D eigenvalue weighted by molar-refractivity contribution is 6.33. The molecular weight excluding hydrogens is 340 g/mol. The predicted octanol–water partition coefficient (Wildman–Crippen LogP) is 4.32. The van der Waals surface area contributed by atoms with Gasteiger partial charge in [0.2, 0.25) is 11.7 Å². The normalized spacial score (nSPS) is 17.4. The maximum absolute atomic E-state index is 6.30. The fourth-order valence-electron chi connectivity index (χ4n) is 3.14. The molecule has 0 bridgehead atoms. The van der Waals surface area contributed by atoms with Crippen LogP contribution in [0.15, 0.2) is 39.5 Å². The third kappa shape index (κ3) is 3.26. The van der Waals surface area contributed by atoms with Gasteiger partial charge < -0.3 is 13.8 Å². The minimum absolute atomic E-state index is 0.194. The molecule has 0 saturated carbocycles. The molecule has 1 saturated heterocycles. The summed E-state index contributed by atoms with van der Waals surface area (Å²) in [5.74, 6) is 2.02. The molecule has 1 aliphatic heterocycles. The molecule has 0 spiro atoms. The SMILES string of the molecule is CCCc1nc(-c2noc(C3CCN(c4ccccc4Cl)C3)n2)co1. The van der Waals surface area contributed by atoms with Gasteiger partial charge in [0.05, 0.1) is 16.6 Å². The van der Waals surface area contributed by atoms with Gasteiger partial charge >= 0.3 is 0 Å². The maximum atomic E-state index is 6.30. The summed E-state index contributed by atoms with van der Waals surface area (Å²) in [4.78, 5) is 11.2. The van der Waals surface area contributed by atoms with Crippen molar-refractivity contribution in [2.24, 2.45) is 0 Å². The van der Waals surface area contributed by atoms with Crippen LogP contribution in [-0.2, 0) is 6.42 Å². The van der Waals surface area contributed by atoms with Crippen LogP contribution in [0.25, 0.3) is 11.5 Å². The average molecular weight is 359 g/mol. The van der Waals surface area contributed by atoms with Crippen LogP contribution >= 0.6 is 11.6 Å². The Balaban J connectivity index is 1.48. The van der Waals surface area contributed by atoms with Crippen molar-refractivity contribution in [1.29, 1.82) is 0 Å². The van der Waals surface area contributed by atoms with Crippen LogP contribution in [0.3, 0.4) is 0 Å². The molecule has 2 aromatic heterocycles. The first-order valence-corrected chi connectivity index (χ1v) is 8.90. The van der Waals surface area contributed by atoms with Gasteiger partial charge in [-0.3, -0.25) is 0 Å². The minimum atomic E-state index is 0.194. The van der Waals surface area contributed by atoms with Crippen LogP contribution in [-0.4, -0.2) is 28.2 Å². The zero-order valence-corrected chi connectivity index (χ0v) is 14.7. The summed E-state index contributed by atoms with van der Waals surface area (Å²) >= 11 is 6.30. The van der Waals surface area contributed by atoms with E-state index in [9.17, 15) is 0 Å². The van der Waals surface area contributed by atoms with Gasteiger partial charge in [-0.25, -0.2) is 4.98 Å². The molecule has 25 heavy (non-hydrogen) atoms. The van der Waals surface area contributed by atoms with Crippen molar-refractivity contribution < 1.29 is 8.94 Å². The van der Waals surface area contributed by atoms with E-state index < -0.39 is 0 Å². The summed E-state index contributed by atoms with van der Waals surface area (Å²) in [5.41, 5.74) is 1.67. The van der Waals surface area contributed by atoms with Crippen LogP contribution in [0.5, 0.6) is 0 Å². The van der Waals surface area contributed by atoms with Crippen molar-refractivity contribution in [2.45, 2.75) is 32.1 Å². The molecule has 0 amide bonds. The smallest absolute Gasteiger partial charge is 0.231 e. The Labute approximate surface area is 150 Å². The van der Waals surface area contributed by atoms with Crippen LogP contribution in [0.2, 0.25) is 5.02 Å². The summed E-state index contributed by atoms with van der Waals surface area (Å²) in [5, 5.41) is 4.83. The highest BCUT2D eigenvalue weighted by Crippen LogP contribution is 2.34. The zero-order chi connectivity index (χ0) is 17.2. The van der Waals surface area contributed by atoms with Crippen LogP contribution in [0.1, 0.15) is 37.5 Å². The van der Waals surface area contributed by atoms with Gasteiger partial charge in [0.1, 0.15) is 12.0 Å². The number of para-hydroxylation sites is 1. The van der Waals surface area contributed by atoms with Crippen LogP contribution in [0, 0.1) is 0 Å². The number of oxazole rings is 1. The number of rotatable bonds is 5. The number of hydrogen-bond donors (Lipinski definition) is 0. The fraction of sp³-hybridized carbons (Fsp3) is 0.389. The van der Waals surface area contributed by atoms with Gasteiger partial charge in [0.25, 0.3) is 0 Å². The Bertz CT molecular complexity index is 860. The van der Waals surface area contributed by atoms with E-state index >= 15 is 0 Å². The zero-order valence-electron chi connectivity index (χ0n) is 14.0. The van der Waals surface area contributed by atoms with Crippen LogP contribution < -0.4 is 4.90 Å². The molecule has 1 unspecified atom stereocenters. The molecule has 1 aliphatic rings. The van der Waals surface area contributed by atoms with Gasteiger partial charge in [-0.15, -0.1) is 0 Å². The third-order valence-corrected chi connectivity index (χ3v) is 4.74. The van der Waals surface area contributed by atoms with Gasteiger partial charge in [0.15, 0.2) is 5.89 Å². The van der Waals surface area contributed by atoms with E-state index in [4.69, 9.17) is 20.5 Å². The van der Waals surface area contributed by atoms with Crippen molar-refractivity contribution >= 4 is 17.3 Å². The summed E-state index contributed by atoms with van der Waals surface area (Å²) in [6, 6.07) is 7.88. The molecular formula is C18H19ClN4O2. The van der Waals surface area contributed by atoms with Crippen molar-refractivity contribution in [1.82, 2.24) is 15.1 Å². The molecule has 1 fully saturated rings. The average Bonchev–Trinajstić information content (AvgIpc) is 3.35. The standard InChI is InChI=1S/C18H19ClN4O2/c1-2-5-16-20-14(11-24-16)17-21-18(25-22-17)12-8-9-23(10-12)15-7-4-3-6-13(15)19/h3-4,6-7,11-12H,2,5,8-10H2,1H3. The number of halogens is 1. The lowest BCUT2D eigenvalue weighted by molar-refractivity contribution is 0.360. The lowest BCUT2D eigenvalue weighted by Crippen LogP contribution is -2.19. The molecule has 0 radical (unpaired) electrons. The van der Waals surface area contributed by atoms with Crippen molar-refractivity contribution in [3.63, 3.8) is 0 Å². The number of aryl methyl sites for hydroxylation is 1. The number of benzene rings is 1. The number of nitrogens with zero attached hydrogens (tertiary/aromatic N) is 4. The molecule has 3 heterocycles. The number of aromatic nitrogens is 3. The van der Waals surface area contributed by atoms with E-state index in [1.807, 2.05) is 24.3 Å². The molecule has 7 heteroatoms. The topological polar surface area (TPSA) is 68.2 Å². The molecule has 4 rings (SSSR count). The first-order chi connectivity index (χ1) is 12.2. The Morgan fingerprint density at radius 2 is 2.16 bits per heavy atom. The van der Waals surface area contributed by atoms with E-state index in [2.05, 4.69) is 26.9 Å². The monoisotopic (exact) mass is 358 g/mol. The third-order valence-electron chi connectivity index (χ3n) is 4.42. The highest BCUT2D eigenvalue weighted by atomic mass is 35.5. The quantitative estimate of drug-likeness (QED) is 0.676. The van der Waals surface area contributed by atoms with Crippen molar-refractivity contribution in [3.8, 4) is 11.5 Å². The van der Waals surface area contributed by atoms with Gasteiger partial charge in [-0.05, 0) is 25.0 Å². The Hall–Kier alpha value is -2.34. The minimum Gasteiger partial charge on any atom is -0.448 e. The molecule has 130 valence electrons. The van der Waals surface area contributed by atoms with E-state index in [0.717, 1.165) is 43.1 Å². The Morgan fingerprint density at radius 3 is 3.00 bits per heavy atom. The molecule has 1 atom stereocenters. The molecule has 6 nitrogen and oxygen atoms in total. The summed E-state index contributed by atoms with van der Waals surface area (Å²) in [6.07, 6.45) is 4.33. The first-order valence-electron chi connectivity index (χ1n) is 8.52. The second-order valence-electron chi connectivity index (χ2n) is 6.22. The largest absolute Gasteiger partial charge is 0.448 e. The molecule has 3 aromatic rings. The van der Waals surface area contributed by atoms with Crippen LogP contribution in [0.4, 0.5) is 5.69 Å². The maximum Gasteiger partial charge on any atom is 0.231 e.